The van der Waals surface area contributed by atoms with E-state index in [-0.39, 0.29) is 0 Å². The summed E-state index contributed by atoms with van der Waals surface area (Å²) < 4.78 is 0. The van der Waals surface area contributed by atoms with Gasteiger partial charge in [0, 0.05) is 32.8 Å². The van der Waals surface area contributed by atoms with E-state index in [1.54, 1.807) is 0 Å². The Labute approximate surface area is 68.2 Å². The molecule has 0 aromatic rings. The van der Waals surface area contributed by atoms with E-state index >= 15 is 0 Å². The van der Waals surface area contributed by atoms with Crippen molar-refractivity contribution in [3.63, 3.8) is 0 Å². The number of aliphatic hydroxyl groups is 1. The predicted molar refractivity (Wildman–Crippen MR) is 45.2 cm³/mol. The number of nitrogens with zero attached hydrogens (tertiary/aromatic N) is 1. The lowest BCUT2D eigenvalue weighted by molar-refractivity contribution is 0.206. The van der Waals surface area contributed by atoms with Crippen LogP contribution >= 0.6 is 0 Å². The van der Waals surface area contributed by atoms with Gasteiger partial charge in [-0.15, -0.1) is 0 Å². The molecule has 0 aromatic carbocycles. The SMILES string of the molecule is C[C@H]1CN(CCN)C[C@H]1CO. The monoisotopic (exact) mass is 158 g/mol. The zero-order chi connectivity index (χ0) is 8.27. The van der Waals surface area contributed by atoms with Gasteiger partial charge in [-0.1, -0.05) is 6.92 Å². The highest BCUT2D eigenvalue weighted by molar-refractivity contribution is 4.80. The highest BCUT2D eigenvalue weighted by atomic mass is 16.3. The number of hydrogen-bond acceptors (Lipinski definition) is 3. The summed E-state index contributed by atoms with van der Waals surface area (Å²) in [5.41, 5.74) is 5.44. The molecule has 0 amide bonds. The second-order valence-corrected chi connectivity index (χ2v) is 3.47. The van der Waals surface area contributed by atoms with Gasteiger partial charge in [0.15, 0.2) is 0 Å². The van der Waals surface area contributed by atoms with Crippen molar-refractivity contribution in [3.05, 3.63) is 0 Å². The third-order valence-electron chi connectivity index (χ3n) is 2.52. The lowest BCUT2D eigenvalue weighted by Gasteiger charge is -2.12. The third-order valence-corrected chi connectivity index (χ3v) is 2.52. The maximum absolute atomic E-state index is 8.96. The first kappa shape index (κ1) is 8.97. The van der Waals surface area contributed by atoms with Gasteiger partial charge >= 0.3 is 0 Å². The Morgan fingerprint density at radius 1 is 1.55 bits per heavy atom. The van der Waals surface area contributed by atoms with Crippen molar-refractivity contribution in [2.75, 3.05) is 32.8 Å². The Kier molecular flexibility index (Phi) is 3.30. The molecule has 2 atom stereocenters. The molecule has 0 saturated carbocycles. The predicted octanol–water partition coefficient (Wildman–Crippen LogP) is -0.495. The Balaban J connectivity index is 2.30. The summed E-state index contributed by atoms with van der Waals surface area (Å²) in [6, 6.07) is 0. The zero-order valence-electron chi connectivity index (χ0n) is 7.16. The first-order chi connectivity index (χ1) is 5.27. The van der Waals surface area contributed by atoms with Crippen molar-refractivity contribution in [1.29, 1.82) is 0 Å². The van der Waals surface area contributed by atoms with Gasteiger partial charge in [0.1, 0.15) is 0 Å². The van der Waals surface area contributed by atoms with Crippen molar-refractivity contribution >= 4 is 0 Å². The average molecular weight is 158 g/mol. The summed E-state index contributed by atoms with van der Waals surface area (Å²) >= 11 is 0. The number of likely N-dealkylation sites (tertiary alicyclic amines) is 1. The van der Waals surface area contributed by atoms with Gasteiger partial charge in [-0.2, -0.15) is 0 Å². The molecule has 0 spiro atoms. The maximum Gasteiger partial charge on any atom is 0.0474 e. The molecule has 3 heteroatoms. The lowest BCUT2D eigenvalue weighted by atomic mass is 10.00. The summed E-state index contributed by atoms with van der Waals surface area (Å²) in [7, 11) is 0. The lowest BCUT2D eigenvalue weighted by Crippen LogP contribution is -2.27. The van der Waals surface area contributed by atoms with Crippen LogP contribution in [0, 0.1) is 11.8 Å². The third kappa shape index (κ3) is 2.15. The fourth-order valence-corrected chi connectivity index (χ4v) is 1.75. The van der Waals surface area contributed by atoms with Gasteiger partial charge in [-0.25, -0.2) is 0 Å². The quantitative estimate of drug-likeness (QED) is 0.582. The highest BCUT2D eigenvalue weighted by Crippen LogP contribution is 2.21. The van der Waals surface area contributed by atoms with E-state index in [4.69, 9.17) is 10.8 Å². The maximum atomic E-state index is 8.96. The minimum atomic E-state index is 0.322. The normalized spacial score (nSPS) is 33.0. The van der Waals surface area contributed by atoms with Gasteiger partial charge in [-0.05, 0) is 11.8 Å². The number of hydrogen-bond donors (Lipinski definition) is 2. The standard InChI is InChI=1S/C8H18N2O/c1-7-4-10(3-2-9)5-8(7)6-11/h7-8,11H,2-6,9H2,1H3/t7-,8-/m0/s1. The molecule has 1 aliphatic heterocycles. The van der Waals surface area contributed by atoms with Crippen molar-refractivity contribution in [1.82, 2.24) is 4.90 Å². The summed E-state index contributed by atoms with van der Waals surface area (Å²) in [6.45, 7) is 6.34. The molecule has 1 fully saturated rings. The summed E-state index contributed by atoms with van der Waals surface area (Å²) in [6.07, 6.45) is 0. The number of aliphatic hydroxyl groups excluding tert-OH is 1. The fourth-order valence-electron chi connectivity index (χ4n) is 1.75. The van der Waals surface area contributed by atoms with Crippen LogP contribution in [0.4, 0.5) is 0 Å². The van der Waals surface area contributed by atoms with Gasteiger partial charge < -0.3 is 15.7 Å². The summed E-state index contributed by atoms with van der Waals surface area (Å²) in [4.78, 5) is 2.32. The summed E-state index contributed by atoms with van der Waals surface area (Å²) in [5.74, 6) is 1.10. The first-order valence-electron chi connectivity index (χ1n) is 4.31. The smallest absolute Gasteiger partial charge is 0.0474 e. The Morgan fingerprint density at radius 3 is 2.73 bits per heavy atom. The zero-order valence-corrected chi connectivity index (χ0v) is 7.16. The van der Waals surface area contributed by atoms with Gasteiger partial charge in [0.25, 0.3) is 0 Å². The van der Waals surface area contributed by atoms with Crippen molar-refractivity contribution < 1.29 is 5.11 Å². The molecule has 1 heterocycles. The molecule has 1 rings (SSSR count). The minimum absolute atomic E-state index is 0.322. The molecular formula is C8H18N2O. The molecule has 66 valence electrons. The topological polar surface area (TPSA) is 49.5 Å². The van der Waals surface area contributed by atoms with Crippen LogP contribution in [0.1, 0.15) is 6.92 Å². The van der Waals surface area contributed by atoms with Crippen LogP contribution in [0.5, 0.6) is 0 Å². The van der Waals surface area contributed by atoms with Crippen LogP contribution in [-0.2, 0) is 0 Å². The molecule has 3 nitrogen and oxygen atoms in total. The van der Waals surface area contributed by atoms with Crippen molar-refractivity contribution in [2.45, 2.75) is 6.92 Å². The van der Waals surface area contributed by atoms with E-state index in [1.807, 2.05) is 0 Å². The second-order valence-electron chi connectivity index (χ2n) is 3.47. The van der Waals surface area contributed by atoms with Gasteiger partial charge in [0.2, 0.25) is 0 Å². The molecule has 1 aliphatic rings. The molecule has 0 bridgehead atoms. The van der Waals surface area contributed by atoms with E-state index in [9.17, 15) is 0 Å². The molecular weight excluding hydrogens is 140 g/mol. The molecule has 0 radical (unpaired) electrons. The number of rotatable bonds is 3. The van der Waals surface area contributed by atoms with E-state index in [0.717, 1.165) is 26.2 Å². The number of nitrogens with two attached hydrogens (primary N) is 1. The van der Waals surface area contributed by atoms with Crippen LogP contribution in [-0.4, -0.2) is 42.8 Å². The molecule has 0 aromatic heterocycles. The molecule has 11 heavy (non-hydrogen) atoms. The van der Waals surface area contributed by atoms with Crippen LogP contribution in [0.15, 0.2) is 0 Å². The van der Waals surface area contributed by atoms with Crippen LogP contribution in [0.25, 0.3) is 0 Å². The van der Waals surface area contributed by atoms with Crippen LogP contribution < -0.4 is 5.73 Å². The van der Waals surface area contributed by atoms with E-state index in [1.165, 1.54) is 0 Å². The molecule has 0 unspecified atom stereocenters. The molecule has 0 aliphatic carbocycles. The van der Waals surface area contributed by atoms with Crippen LogP contribution in [0.3, 0.4) is 0 Å². The highest BCUT2D eigenvalue weighted by Gasteiger charge is 2.27. The average Bonchev–Trinajstić information content (AvgIpc) is 2.32. The van der Waals surface area contributed by atoms with Crippen molar-refractivity contribution in [2.24, 2.45) is 17.6 Å². The fraction of sp³-hybridized carbons (Fsp3) is 1.00. The Morgan fingerprint density at radius 2 is 2.27 bits per heavy atom. The largest absolute Gasteiger partial charge is 0.396 e. The molecule has 1 saturated heterocycles. The van der Waals surface area contributed by atoms with E-state index in [2.05, 4.69) is 11.8 Å². The van der Waals surface area contributed by atoms with Crippen LogP contribution in [0.2, 0.25) is 0 Å². The minimum Gasteiger partial charge on any atom is -0.396 e. The van der Waals surface area contributed by atoms with E-state index < -0.39 is 0 Å². The Bertz CT molecular complexity index is 119. The second kappa shape index (κ2) is 4.04. The van der Waals surface area contributed by atoms with Gasteiger partial charge in [-0.3, -0.25) is 0 Å². The molecule has 3 N–H and O–H groups in total. The first-order valence-corrected chi connectivity index (χ1v) is 4.31. The van der Waals surface area contributed by atoms with Crippen molar-refractivity contribution in [3.8, 4) is 0 Å². The van der Waals surface area contributed by atoms with Gasteiger partial charge in [0.05, 0.1) is 0 Å². The Hall–Kier alpha value is -0.120. The summed E-state index contributed by atoms with van der Waals surface area (Å²) in [5, 5.41) is 8.96. The van der Waals surface area contributed by atoms with E-state index in [0.29, 0.717) is 18.4 Å².